The van der Waals surface area contributed by atoms with Crippen molar-refractivity contribution in [3.05, 3.63) is 33.8 Å². The molecule has 112 valence electrons. The van der Waals surface area contributed by atoms with Gasteiger partial charge in [0.2, 0.25) is 0 Å². The largest absolute Gasteiger partial charge is 0.376 e. The quantitative estimate of drug-likeness (QED) is 0.649. The zero-order valence-electron chi connectivity index (χ0n) is 12.0. The number of rotatable bonds is 4. The summed E-state index contributed by atoms with van der Waals surface area (Å²) in [7, 11) is 1.75. The standard InChI is InChI=1S/C15H22Cl2N2O/c1-10-5-4-8-15(9-10,20-2)14(19-18)11-6-3-7-12(16)13(11)17/h3,6-7,10,14,19H,4-5,8-9,18H2,1-2H3. The molecule has 0 radical (unpaired) electrons. The number of hydrazine groups is 1. The van der Waals surface area contributed by atoms with Gasteiger partial charge in [-0.2, -0.15) is 0 Å². The molecular formula is C15H22Cl2N2O. The Balaban J connectivity index is 2.41. The Morgan fingerprint density at radius 2 is 2.20 bits per heavy atom. The van der Waals surface area contributed by atoms with E-state index in [1.807, 2.05) is 12.1 Å². The summed E-state index contributed by atoms with van der Waals surface area (Å²) in [6.45, 7) is 2.25. The first-order valence-corrected chi connectivity index (χ1v) is 7.75. The predicted molar refractivity (Wildman–Crippen MR) is 83.9 cm³/mol. The van der Waals surface area contributed by atoms with Crippen molar-refractivity contribution in [1.29, 1.82) is 0 Å². The van der Waals surface area contributed by atoms with Crippen LogP contribution in [0.1, 0.15) is 44.2 Å². The Morgan fingerprint density at radius 1 is 1.45 bits per heavy atom. The molecule has 1 aliphatic carbocycles. The summed E-state index contributed by atoms with van der Waals surface area (Å²) < 4.78 is 5.91. The smallest absolute Gasteiger partial charge is 0.0888 e. The van der Waals surface area contributed by atoms with Crippen LogP contribution in [0.2, 0.25) is 10.0 Å². The zero-order chi connectivity index (χ0) is 14.8. The molecule has 1 aromatic carbocycles. The summed E-state index contributed by atoms with van der Waals surface area (Å²) >= 11 is 12.5. The first kappa shape index (κ1) is 16.1. The number of hydrogen-bond donors (Lipinski definition) is 2. The lowest BCUT2D eigenvalue weighted by atomic mass is 9.73. The molecule has 2 rings (SSSR count). The minimum atomic E-state index is -0.333. The average Bonchev–Trinajstić information content (AvgIpc) is 2.44. The Labute approximate surface area is 130 Å². The first-order chi connectivity index (χ1) is 9.54. The Morgan fingerprint density at radius 3 is 2.80 bits per heavy atom. The number of methoxy groups -OCH3 is 1. The van der Waals surface area contributed by atoms with Crippen LogP contribution in [0, 0.1) is 5.92 Å². The zero-order valence-corrected chi connectivity index (χ0v) is 13.5. The normalized spacial score (nSPS) is 28.4. The minimum Gasteiger partial charge on any atom is -0.376 e. The van der Waals surface area contributed by atoms with E-state index in [-0.39, 0.29) is 11.6 Å². The molecule has 0 heterocycles. The second kappa shape index (κ2) is 6.63. The van der Waals surface area contributed by atoms with E-state index in [1.54, 1.807) is 13.2 Å². The van der Waals surface area contributed by atoms with E-state index in [2.05, 4.69) is 12.3 Å². The SMILES string of the molecule is COC1(C(NN)c2cccc(Cl)c2Cl)CCCC(C)C1. The molecule has 0 amide bonds. The van der Waals surface area contributed by atoms with Crippen LogP contribution in [0.5, 0.6) is 0 Å². The fourth-order valence-corrected chi connectivity index (χ4v) is 3.79. The number of benzene rings is 1. The molecule has 0 spiro atoms. The fourth-order valence-electron chi connectivity index (χ4n) is 3.38. The molecule has 3 atom stereocenters. The van der Waals surface area contributed by atoms with E-state index in [1.165, 1.54) is 6.42 Å². The number of nitrogens with one attached hydrogen (secondary N) is 1. The van der Waals surface area contributed by atoms with Crippen LogP contribution >= 0.6 is 23.2 Å². The van der Waals surface area contributed by atoms with Crippen LogP contribution in [0.15, 0.2) is 18.2 Å². The van der Waals surface area contributed by atoms with Gasteiger partial charge in [0, 0.05) is 7.11 Å². The molecule has 20 heavy (non-hydrogen) atoms. The van der Waals surface area contributed by atoms with Gasteiger partial charge in [0.25, 0.3) is 0 Å². The lowest BCUT2D eigenvalue weighted by Crippen LogP contribution is -2.50. The van der Waals surface area contributed by atoms with Gasteiger partial charge in [-0.15, -0.1) is 0 Å². The summed E-state index contributed by atoms with van der Waals surface area (Å²) in [6, 6.07) is 5.47. The Kier molecular flexibility index (Phi) is 5.32. The summed E-state index contributed by atoms with van der Waals surface area (Å²) in [4.78, 5) is 0. The number of halogens is 2. The summed E-state index contributed by atoms with van der Waals surface area (Å²) in [5.41, 5.74) is 3.47. The molecule has 3 N–H and O–H groups in total. The molecule has 1 saturated carbocycles. The fraction of sp³-hybridized carbons (Fsp3) is 0.600. The van der Waals surface area contributed by atoms with Gasteiger partial charge in [0.05, 0.1) is 21.7 Å². The monoisotopic (exact) mass is 316 g/mol. The molecule has 5 heteroatoms. The third-order valence-corrected chi connectivity index (χ3v) is 5.22. The van der Waals surface area contributed by atoms with E-state index in [4.69, 9.17) is 33.8 Å². The van der Waals surface area contributed by atoms with Crippen molar-refractivity contribution in [1.82, 2.24) is 5.43 Å². The van der Waals surface area contributed by atoms with Crippen molar-refractivity contribution < 1.29 is 4.74 Å². The van der Waals surface area contributed by atoms with Crippen molar-refractivity contribution >= 4 is 23.2 Å². The van der Waals surface area contributed by atoms with Crippen molar-refractivity contribution in [2.24, 2.45) is 11.8 Å². The van der Waals surface area contributed by atoms with Gasteiger partial charge in [-0.05, 0) is 30.4 Å². The molecule has 3 nitrogen and oxygen atoms in total. The van der Waals surface area contributed by atoms with Gasteiger partial charge < -0.3 is 4.74 Å². The highest BCUT2D eigenvalue weighted by atomic mass is 35.5. The van der Waals surface area contributed by atoms with E-state index in [0.29, 0.717) is 16.0 Å². The van der Waals surface area contributed by atoms with Gasteiger partial charge >= 0.3 is 0 Å². The summed E-state index contributed by atoms with van der Waals surface area (Å²) in [6.07, 6.45) is 4.28. The highest BCUT2D eigenvalue weighted by Gasteiger charge is 2.43. The molecule has 1 aliphatic rings. The van der Waals surface area contributed by atoms with Crippen molar-refractivity contribution in [2.75, 3.05) is 7.11 Å². The lowest BCUT2D eigenvalue weighted by molar-refractivity contribution is -0.0806. The van der Waals surface area contributed by atoms with Gasteiger partial charge in [0.15, 0.2) is 0 Å². The van der Waals surface area contributed by atoms with Crippen LogP contribution in [0.3, 0.4) is 0 Å². The third-order valence-electron chi connectivity index (χ3n) is 4.38. The van der Waals surface area contributed by atoms with Crippen LogP contribution in [0.4, 0.5) is 0 Å². The molecule has 1 fully saturated rings. The molecule has 3 unspecified atom stereocenters. The van der Waals surface area contributed by atoms with E-state index in [0.717, 1.165) is 24.8 Å². The minimum absolute atomic E-state index is 0.165. The summed E-state index contributed by atoms with van der Waals surface area (Å²) in [5.74, 6) is 6.44. The van der Waals surface area contributed by atoms with Gasteiger partial charge in [-0.1, -0.05) is 55.1 Å². The van der Waals surface area contributed by atoms with E-state index >= 15 is 0 Å². The van der Waals surface area contributed by atoms with Crippen LogP contribution in [-0.4, -0.2) is 12.7 Å². The van der Waals surface area contributed by atoms with Crippen LogP contribution < -0.4 is 11.3 Å². The van der Waals surface area contributed by atoms with Crippen molar-refractivity contribution in [2.45, 2.75) is 44.2 Å². The molecule has 0 aromatic heterocycles. The average molecular weight is 317 g/mol. The number of nitrogens with two attached hydrogens (primary N) is 1. The predicted octanol–water partition coefficient (Wildman–Crippen LogP) is 4.09. The van der Waals surface area contributed by atoms with Crippen LogP contribution in [0.25, 0.3) is 0 Å². The molecule has 0 aliphatic heterocycles. The van der Waals surface area contributed by atoms with Crippen molar-refractivity contribution in [3.63, 3.8) is 0 Å². The molecule has 0 bridgehead atoms. The van der Waals surface area contributed by atoms with Gasteiger partial charge in [0.1, 0.15) is 0 Å². The van der Waals surface area contributed by atoms with Crippen molar-refractivity contribution in [3.8, 4) is 0 Å². The highest BCUT2D eigenvalue weighted by Crippen LogP contribution is 2.45. The van der Waals surface area contributed by atoms with Gasteiger partial charge in [-0.25, -0.2) is 0 Å². The Hall–Kier alpha value is -0.320. The maximum Gasteiger partial charge on any atom is 0.0888 e. The maximum absolute atomic E-state index is 6.36. The second-order valence-electron chi connectivity index (χ2n) is 5.71. The molecule has 1 aromatic rings. The number of ether oxygens (including phenoxy) is 1. The van der Waals surface area contributed by atoms with E-state index < -0.39 is 0 Å². The van der Waals surface area contributed by atoms with Crippen LogP contribution in [-0.2, 0) is 4.74 Å². The van der Waals surface area contributed by atoms with E-state index in [9.17, 15) is 0 Å². The summed E-state index contributed by atoms with van der Waals surface area (Å²) in [5, 5.41) is 1.09. The maximum atomic E-state index is 6.36. The van der Waals surface area contributed by atoms with Gasteiger partial charge in [-0.3, -0.25) is 11.3 Å². The Bertz CT molecular complexity index is 469. The number of hydrogen-bond acceptors (Lipinski definition) is 3. The second-order valence-corrected chi connectivity index (χ2v) is 6.50. The molecular weight excluding hydrogens is 295 g/mol. The third kappa shape index (κ3) is 2.97. The highest BCUT2D eigenvalue weighted by molar-refractivity contribution is 6.42. The first-order valence-electron chi connectivity index (χ1n) is 6.99. The topological polar surface area (TPSA) is 47.3 Å². The lowest BCUT2D eigenvalue weighted by Gasteiger charge is -2.44. The molecule has 0 saturated heterocycles.